The SMILES string of the molecule is O=Cc1cnn(C2CCCCCC2O)c1. The van der Waals surface area contributed by atoms with Gasteiger partial charge in [0.2, 0.25) is 0 Å². The van der Waals surface area contributed by atoms with Crippen molar-refractivity contribution >= 4 is 6.29 Å². The molecule has 0 aliphatic heterocycles. The Morgan fingerprint density at radius 2 is 2.20 bits per heavy atom. The van der Waals surface area contributed by atoms with E-state index in [9.17, 15) is 9.90 Å². The minimum absolute atomic E-state index is 0.0428. The van der Waals surface area contributed by atoms with Crippen LogP contribution in [0.5, 0.6) is 0 Å². The Morgan fingerprint density at radius 1 is 1.40 bits per heavy atom. The van der Waals surface area contributed by atoms with Crippen molar-refractivity contribution in [3.63, 3.8) is 0 Å². The first-order valence-corrected chi connectivity index (χ1v) is 5.48. The zero-order chi connectivity index (χ0) is 10.7. The summed E-state index contributed by atoms with van der Waals surface area (Å²) in [5, 5.41) is 14.1. The monoisotopic (exact) mass is 208 g/mol. The largest absolute Gasteiger partial charge is 0.391 e. The number of aromatic nitrogens is 2. The van der Waals surface area contributed by atoms with Crippen molar-refractivity contribution in [3.8, 4) is 0 Å². The van der Waals surface area contributed by atoms with Gasteiger partial charge in [0.25, 0.3) is 0 Å². The molecule has 0 amide bonds. The number of nitrogens with zero attached hydrogens (tertiary/aromatic N) is 2. The first kappa shape index (κ1) is 10.4. The summed E-state index contributed by atoms with van der Waals surface area (Å²) in [7, 11) is 0. The Kier molecular flexibility index (Phi) is 3.16. The second-order valence-electron chi connectivity index (χ2n) is 4.14. The van der Waals surface area contributed by atoms with Gasteiger partial charge >= 0.3 is 0 Å². The summed E-state index contributed by atoms with van der Waals surface area (Å²) in [4.78, 5) is 10.5. The number of hydrogen-bond acceptors (Lipinski definition) is 3. The Morgan fingerprint density at radius 3 is 2.93 bits per heavy atom. The molecule has 4 nitrogen and oxygen atoms in total. The third-order valence-corrected chi connectivity index (χ3v) is 3.04. The van der Waals surface area contributed by atoms with Gasteiger partial charge in [-0.05, 0) is 12.8 Å². The van der Waals surface area contributed by atoms with Crippen LogP contribution in [0.1, 0.15) is 48.5 Å². The molecule has 1 aliphatic rings. The molecule has 1 saturated carbocycles. The number of rotatable bonds is 2. The molecule has 1 N–H and O–H groups in total. The molecule has 0 radical (unpaired) electrons. The minimum Gasteiger partial charge on any atom is -0.391 e. The molecule has 0 bridgehead atoms. The molecule has 1 fully saturated rings. The van der Waals surface area contributed by atoms with Crippen LogP contribution in [0.4, 0.5) is 0 Å². The number of aliphatic hydroxyl groups is 1. The lowest BCUT2D eigenvalue weighted by Crippen LogP contribution is -2.23. The Labute approximate surface area is 88.9 Å². The quantitative estimate of drug-likeness (QED) is 0.592. The van der Waals surface area contributed by atoms with Crippen molar-refractivity contribution in [1.29, 1.82) is 0 Å². The average molecular weight is 208 g/mol. The predicted molar refractivity (Wildman–Crippen MR) is 55.7 cm³/mol. The molecule has 1 aromatic rings. The normalized spacial score (nSPS) is 27.3. The van der Waals surface area contributed by atoms with Gasteiger partial charge in [0.15, 0.2) is 6.29 Å². The number of aliphatic hydroxyl groups excluding tert-OH is 1. The van der Waals surface area contributed by atoms with Crippen LogP contribution < -0.4 is 0 Å². The van der Waals surface area contributed by atoms with Gasteiger partial charge in [-0.3, -0.25) is 9.48 Å². The second-order valence-corrected chi connectivity index (χ2v) is 4.14. The van der Waals surface area contributed by atoms with E-state index in [1.165, 1.54) is 6.42 Å². The molecule has 2 atom stereocenters. The van der Waals surface area contributed by atoms with Crippen molar-refractivity contribution in [1.82, 2.24) is 9.78 Å². The van der Waals surface area contributed by atoms with Crippen LogP contribution in [-0.4, -0.2) is 27.3 Å². The van der Waals surface area contributed by atoms with E-state index in [1.54, 1.807) is 17.1 Å². The summed E-state index contributed by atoms with van der Waals surface area (Å²) < 4.78 is 1.74. The van der Waals surface area contributed by atoms with Crippen LogP contribution in [0.15, 0.2) is 12.4 Å². The fourth-order valence-corrected chi connectivity index (χ4v) is 2.17. The van der Waals surface area contributed by atoms with Gasteiger partial charge in [-0.2, -0.15) is 5.10 Å². The van der Waals surface area contributed by atoms with Gasteiger partial charge < -0.3 is 5.11 Å². The smallest absolute Gasteiger partial charge is 0.153 e. The lowest BCUT2D eigenvalue weighted by atomic mass is 10.1. The van der Waals surface area contributed by atoms with Gasteiger partial charge in [0.05, 0.1) is 23.9 Å². The van der Waals surface area contributed by atoms with Gasteiger partial charge in [-0.1, -0.05) is 19.3 Å². The fraction of sp³-hybridized carbons (Fsp3) is 0.636. The molecule has 0 saturated heterocycles. The highest BCUT2D eigenvalue weighted by molar-refractivity contribution is 5.73. The molecule has 4 heteroatoms. The van der Waals surface area contributed by atoms with Crippen molar-refractivity contribution in [3.05, 3.63) is 18.0 Å². The summed E-state index contributed by atoms with van der Waals surface area (Å²) in [5.41, 5.74) is 0.575. The predicted octanol–water partition coefficient (Wildman–Crippen LogP) is 1.56. The van der Waals surface area contributed by atoms with Crippen LogP contribution in [0.2, 0.25) is 0 Å². The number of carbonyl (C=O) groups is 1. The van der Waals surface area contributed by atoms with Crippen molar-refractivity contribution in [2.75, 3.05) is 0 Å². The Balaban J connectivity index is 2.16. The maximum Gasteiger partial charge on any atom is 0.153 e. The lowest BCUT2D eigenvalue weighted by molar-refractivity contribution is 0.0988. The van der Waals surface area contributed by atoms with E-state index >= 15 is 0 Å². The van der Waals surface area contributed by atoms with Gasteiger partial charge in [-0.25, -0.2) is 0 Å². The molecule has 1 aromatic heterocycles. The third kappa shape index (κ3) is 2.26. The van der Waals surface area contributed by atoms with Crippen molar-refractivity contribution in [2.45, 2.75) is 44.2 Å². The Bertz CT molecular complexity index is 335. The van der Waals surface area contributed by atoms with E-state index in [-0.39, 0.29) is 12.1 Å². The lowest BCUT2D eigenvalue weighted by Gasteiger charge is -2.20. The Hall–Kier alpha value is -1.16. The van der Waals surface area contributed by atoms with Crippen molar-refractivity contribution < 1.29 is 9.90 Å². The van der Waals surface area contributed by atoms with Crippen LogP contribution in [0.25, 0.3) is 0 Å². The average Bonchev–Trinajstić information content (AvgIpc) is 2.62. The van der Waals surface area contributed by atoms with E-state index in [4.69, 9.17) is 0 Å². The molecule has 15 heavy (non-hydrogen) atoms. The van der Waals surface area contributed by atoms with E-state index in [0.717, 1.165) is 32.0 Å². The van der Waals surface area contributed by atoms with Crippen LogP contribution in [0.3, 0.4) is 0 Å². The summed E-state index contributed by atoms with van der Waals surface area (Å²) in [6.45, 7) is 0. The molecular weight excluding hydrogens is 192 g/mol. The summed E-state index contributed by atoms with van der Waals surface area (Å²) >= 11 is 0. The maximum absolute atomic E-state index is 10.5. The van der Waals surface area contributed by atoms with E-state index < -0.39 is 0 Å². The zero-order valence-electron chi connectivity index (χ0n) is 8.67. The highest BCUT2D eigenvalue weighted by Gasteiger charge is 2.23. The van der Waals surface area contributed by atoms with Crippen molar-refractivity contribution in [2.24, 2.45) is 0 Å². The standard InChI is InChI=1S/C11H16N2O2/c14-8-9-6-12-13(7-9)10-4-2-1-3-5-11(10)15/h6-8,10-11,15H,1-5H2. The zero-order valence-corrected chi connectivity index (χ0v) is 8.67. The van der Waals surface area contributed by atoms with Gasteiger partial charge in [0.1, 0.15) is 0 Å². The topological polar surface area (TPSA) is 55.1 Å². The molecule has 0 spiro atoms. The molecule has 1 aliphatic carbocycles. The highest BCUT2D eigenvalue weighted by atomic mass is 16.3. The molecule has 2 unspecified atom stereocenters. The summed E-state index contributed by atoms with van der Waals surface area (Å²) in [6, 6.07) is 0.0428. The number of hydrogen-bond donors (Lipinski definition) is 1. The fourth-order valence-electron chi connectivity index (χ4n) is 2.17. The van der Waals surface area contributed by atoms with Gasteiger partial charge in [-0.15, -0.1) is 0 Å². The third-order valence-electron chi connectivity index (χ3n) is 3.04. The minimum atomic E-state index is -0.327. The van der Waals surface area contributed by atoms with E-state index in [0.29, 0.717) is 5.56 Å². The van der Waals surface area contributed by atoms with Crippen LogP contribution >= 0.6 is 0 Å². The van der Waals surface area contributed by atoms with E-state index in [1.807, 2.05) is 0 Å². The van der Waals surface area contributed by atoms with E-state index in [2.05, 4.69) is 5.10 Å². The van der Waals surface area contributed by atoms with Crippen LogP contribution in [-0.2, 0) is 0 Å². The summed E-state index contributed by atoms with van der Waals surface area (Å²) in [6.07, 6.45) is 8.88. The summed E-state index contributed by atoms with van der Waals surface area (Å²) in [5.74, 6) is 0. The molecule has 1 heterocycles. The number of carbonyl (C=O) groups excluding carboxylic acids is 1. The second kappa shape index (κ2) is 4.57. The highest BCUT2D eigenvalue weighted by Crippen LogP contribution is 2.27. The van der Waals surface area contributed by atoms with Gasteiger partial charge in [0, 0.05) is 6.20 Å². The first-order valence-electron chi connectivity index (χ1n) is 5.48. The molecule has 82 valence electrons. The van der Waals surface area contributed by atoms with Crippen LogP contribution in [0, 0.1) is 0 Å². The molecule has 2 rings (SSSR count). The maximum atomic E-state index is 10.5. The molecule has 0 aromatic carbocycles. The first-order chi connectivity index (χ1) is 7.31. The number of aldehydes is 1. The molecular formula is C11H16N2O2.